The van der Waals surface area contributed by atoms with Gasteiger partial charge in [0.05, 0.1) is 0 Å². The van der Waals surface area contributed by atoms with Crippen LogP contribution in [0.4, 0.5) is 0 Å². The van der Waals surface area contributed by atoms with E-state index in [2.05, 4.69) is 6.07 Å². The molecule has 1 N–H and O–H groups in total. The zero-order valence-corrected chi connectivity index (χ0v) is 5.83. The largest absolute Gasteiger partial charge is 0.507 e. The topological polar surface area (TPSA) is 20.2 Å². The van der Waals surface area contributed by atoms with Gasteiger partial charge in [-0.2, -0.15) is 0 Å². The molecule has 0 amide bonds. The maximum atomic E-state index is 9.20. The van der Waals surface area contributed by atoms with Crippen molar-refractivity contribution in [3.63, 3.8) is 0 Å². The van der Waals surface area contributed by atoms with Crippen LogP contribution in [0.5, 0.6) is 5.75 Å². The molecule has 0 fully saturated rings. The van der Waals surface area contributed by atoms with E-state index >= 15 is 0 Å². The Kier molecular flexibility index (Phi) is 0.659. The molecule has 2 aliphatic rings. The van der Waals surface area contributed by atoms with Crippen molar-refractivity contribution in [3.8, 4) is 16.9 Å². The Bertz CT molecular complexity index is 458. The average molecular weight is 142 g/mol. The minimum Gasteiger partial charge on any atom is -0.507 e. The summed E-state index contributed by atoms with van der Waals surface area (Å²) in [5.74, 6) is 0.490. The van der Waals surface area contributed by atoms with Crippen molar-refractivity contribution in [1.82, 2.24) is 0 Å². The van der Waals surface area contributed by atoms with Crippen LogP contribution in [0.2, 0.25) is 0 Å². The Morgan fingerprint density at radius 1 is 1.09 bits per heavy atom. The summed E-state index contributed by atoms with van der Waals surface area (Å²) < 4.78 is 0. The molecule has 0 saturated carbocycles. The van der Waals surface area contributed by atoms with Crippen LogP contribution in [0, 0.1) is 0 Å². The molecule has 0 saturated heterocycles. The van der Waals surface area contributed by atoms with Gasteiger partial charge in [-0.15, -0.1) is 0 Å². The molecular weight excluding hydrogens is 136 g/mol. The van der Waals surface area contributed by atoms with E-state index in [9.17, 15) is 5.11 Å². The van der Waals surface area contributed by atoms with Crippen LogP contribution in [0.1, 0.15) is 0 Å². The minimum atomic E-state index is 0.490. The zero-order valence-electron chi connectivity index (χ0n) is 5.83. The standard InChI is InChI=1S/C10H6O/c11-10-8-5-6-3-1-2-4-7(6)9(8)10/h1-5,11H. The molecule has 0 atom stereocenters. The molecule has 0 aromatic heterocycles. The molecular formula is C10H6O. The molecule has 52 valence electrons. The Hall–Kier alpha value is -1.50. The number of aromatic hydroxyl groups is 1. The molecule has 3 rings (SSSR count). The van der Waals surface area contributed by atoms with Gasteiger partial charge in [0.15, 0.2) is 0 Å². The van der Waals surface area contributed by atoms with Gasteiger partial charge >= 0.3 is 0 Å². The summed E-state index contributed by atoms with van der Waals surface area (Å²) in [5, 5.41) is 11.6. The van der Waals surface area contributed by atoms with Crippen LogP contribution in [0.25, 0.3) is 21.9 Å². The Morgan fingerprint density at radius 3 is 2.82 bits per heavy atom. The fourth-order valence-electron chi connectivity index (χ4n) is 1.61. The molecule has 1 heteroatoms. The first-order valence-electron chi connectivity index (χ1n) is 3.63. The van der Waals surface area contributed by atoms with Gasteiger partial charge in [-0.25, -0.2) is 0 Å². The normalized spacial score (nSPS) is 12.0. The predicted molar refractivity (Wildman–Crippen MR) is 44.6 cm³/mol. The Labute approximate surface area is 63.9 Å². The van der Waals surface area contributed by atoms with E-state index < -0.39 is 0 Å². The van der Waals surface area contributed by atoms with E-state index in [-0.39, 0.29) is 0 Å². The summed E-state index contributed by atoms with van der Waals surface area (Å²) in [7, 11) is 0. The number of fused-ring (bicyclic) bond motifs is 3. The second-order valence-corrected chi connectivity index (χ2v) is 2.87. The highest BCUT2D eigenvalue weighted by Gasteiger charge is 2.27. The molecule has 0 heterocycles. The quantitative estimate of drug-likeness (QED) is 0.511. The lowest BCUT2D eigenvalue weighted by atomic mass is 10.2. The van der Waals surface area contributed by atoms with Crippen LogP contribution in [-0.2, 0) is 0 Å². The highest BCUT2D eigenvalue weighted by Crippen LogP contribution is 2.55. The predicted octanol–water partition coefficient (Wildman–Crippen LogP) is 2.53. The minimum absolute atomic E-state index is 0.490. The molecule has 0 aliphatic heterocycles. The lowest BCUT2D eigenvalue weighted by Crippen LogP contribution is -1.59. The van der Waals surface area contributed by atoms with Gasteiger partial charge in [-0.1, -0.05) is 24.3 Å². The maximum absolute atomic E-state index is 9.20. The molecule has 2 aliphatic carbocycles. The van der Waals surface area contributed by atoms with Gasteiger partial charge in [0, 0.05) is 11.1 Å². The van der Waals surface area contributed by atoms with Crippen LogP contribution in [-0.4, -0.2) is 5.11 Å². The first-order valence-corrected chi connectivity index (χ1v) is 3.63. The fourth-order valence-corrected chi connectivity index (χ4v) is 1.61. The first-order chi connectivity index (χ1) is 5.38. The lowest BCUT2D eigenvalue weighted by Gasteiger charge is -1.86. The Morgan fingerprint density at radius 2 is 1.91 bits per heavy atom. The van der Waals surface area contributed by atoms with E-state index in [4.69, 9.17) is 0 Å². The first kappa shape index (κ1) is 5.19. The van der Waals surface area contributed by atoms with Gasteiger partial charge in [-0.05, 0) is 16.8 Å². The molecule has 0 bridgehead atoms. The third kappa shape index (κ3) is 0.475. The van der Waals surface area contributed by atoms with E-state index in [1.807, 2.05) is 24.3 Å². The summed E-state index contributed by atoms with van der Waals surface area (Å²) in [5.41, 5.74) is 2.09. The van der Waals surface area contributed by atoms with Gasteiger partial charge in [0.25, 0.3) is 0 Å². The van der Waals surface area contributed by atoms with Crippen molar-refractivity contribution in [2.45, 2.75) is 0 Å². The maximum Gasteiger partial charge on any atom is 0.132 e. The van der Waals surface area contributed by atoms with Crippen molar-refractivity contribution >= 4 is 10.8 Å². The third-order valence-electron chi connectivity index (χ3n) is 2.23. The average Bonchev–Trinajstić information content (AvgIpc) is 2.55. The molecule has 1 nitrogen and oxygen atoms in total. The number of rotatable bonds is 0. The van der Waals surface area contributed by atoms with Crippen LogP contribution >= 0.6 is 0 Å². The van der Waals surface area contributed by atoms with E-state index in [0.717, 1.165) is 11.1 Å². The number of phenolic OH excluding ortho intramolecular Hbond substituents is 1. The molecule has 11 heavy (non-hydrogen) atoms. The Balaban J connectivity index is 2.54. The zero-order chi connectivity index (χ0) is 7.42. The second kappa shape index (κ2) is 1.40. The highest BCUT2D eigenvalue weighted by molar-refractivity contribution is 6.15. The highest BCUT2D eigenvalue weighted by atomic mass is 16.3. The SMILES string of the molecule is Oc1c2cc3ccccc3c1-2. The van der Waals surface area contributed by atoms with Gasteiger partial charge in [-0.3, -0.25) is 0 Å². The van der Waals surface area contributed by atoms with E-state index in [1.165, 1.54) is 10.8 Å². The summed E-state index contributed by atoms with van der Waals surface area (Å²) in [4.78, 5) is 0. The number of hydrogen-bond donors (Lipinski definition) is 1. The summed E-state index contributed by atoms with van der Waals surface area (Å²) in [6.45, 7) is 0. The monoisotopic (exact) mass is 142 g/mol. The number of phenols is 1. The van der Waals surface area contributed by atoms with Crippen molar-refractivity contribution in [2.75, 3.05) is 0 Å². The van der Waals surface area contributed by atoms with Gasteiger partial charge in [0.1, 0.15) is 5.75 Å². The summed E-state index contributed by atoms with van der Waals surface area (Å²) in [6.07, 6.45) is 0. The van der Waals surface area contributed by atoms with Crippen LogP contribution < -0.4 is 0 Å². The van der Waals surface area contributed by atoms with Crippen LogP contribution in [0.15, 0.2) is 30.3 Å². The molecule has 1 aromatic rings. The van der Waals surface area contributed by atoms with Gasteiger partial charge in [0.2, 0.25) is 0 Å². The third-order valence-corrected chi connectivity index (χ3v) is 2.23. The van der Waals surface area contributed by atoms with Crippen molar-refractivity contribution in [3.05, 3.63) is 30.3 Å². The molecule has 1 aromatic carbocycles. The second-order valence-electron chi connectivity index (χ2n) is 2.87. The van der Waals surface area contributed by atoms with Crippen molar-refractivity contribution in [1.29, 1.82) is 0 Å². The smallest absolute Gasteiger partial charge is 0.132 e. The van der Waals surface area contributed by atoms with Crippen molar-refractivity contribution < 1.29 is 5.11 Å². The van der Waals surface area contributed by atoms with E-state index in [1.54, 1.807) is 0 Å². The number of benzene rings is 2. The summed E-state index contributed by atoms with van der Waals surface area (Å²) in [6, 6.07) is 10.1. The molecule has 0 unspecified atom stereocenters. The van der Waals surface area contributed by atoms with Gasteiger partial charge < -0.3 is 5.11 Å². The molecule has 0 radical (unpaired) electrons. The lowest BCUT2D eigenvalue weighted by molar-refractivity contribution is 0.495. The van der Waals surface area contributed by atoms with E-state index in [0.29, 0.717) is 5.75 Å². The molecule has 0 spiro atoms. The van der Waals surface area contributed by atoms with Crippen LogP contribution in [0.3, 0.4) is 0 Å². The fraction of sp³-hybridized carbons (Fsp3) is 0. The van der Waals surface area contributed by atoms with Crippen molar-refractivity contribution in [2.24, 2.45) is 0 Å². The number of hydrogen-bond acceptors (Lipinski definition) is 1. The summed E-state index contributed by atoms with van der Waals surface area (Å²) >= 11 is 0.